The van der Waals surface area contributed by atoms with Gasteiger partial charge in [0.15, 0.2) is 0 Å². The molecule has 0 aliphatic carbocycles. The number of carbonyl (C=O) groups is 2. The maximum absolute atomic E-state index is 12.5. The van der Waals surface area contributed by atoms with Crippen molar-refractivity contribution in [1.82, 2.24) is 15.5 Å². The highest BCUT2D eigenvalue weighted by molar-refractivity contribution is 5.95. The third kappa shape index (κ3) is 5.07. The summed E-state index contributed by atoms with van der Waals surface area (Å²) in [5.74, 6) is -2.07. The summed E-state index contributed by atoms with van der Waals surface area (Å²) in [5.41, 5.74) is 0.0793. The minimum absolute atomic E-state index is 0.00375. The summed E-state index contributed by atoms with van der Waals surface area (Å²) >= 11 is 0. The number of aliphatic carboxylic acids is 1. The molecular weight excluding hydrogens is 336 g/mol. The van der Waals surface area contributed by atoms with Gasteiger partial charge in [-0.05, 0) is 32.4 Å². The Morgan fingerprint density at radius 3 is 2.44 bits per heavy atom. The standard InChI is InChI=1S/C16H17F2N3O4/c1-16(2,8-7-11(22)23)20-14(24)10-5-3-9(4-6-10)13-19-15(12(17)18)25-21-13/h3-6,12H,7-8H2,1-2H3,(H,20,24)(H,22,23). The van der Waals surface area contributed by atoms with Crippen molar-refractivity contribution in [3.63, 3.8) is 0 Å². The van der Waals surface area contributed by atoms with Crippen LogP contribution < -0.4 is 5.32 Å². The molecule has 1 aromatic heterocycles. The number of nitrogens with zero attached hydrogens (tertiary/aromatic N) is 2. The number of amides is 1. The summed E-state index contributed by atoms with van der Waals surface area (Å²) in [6.07, 6.45) is -2.62. The highest BCUT2D eigenvalue weighted by Gasteiger charge is 2.22. The Kier molecular flexibility index (Phi) is 5.45. The molecule has 0 unspecified atom stereocenters. The van der Waals surface area contributed by atoms with Crippen LogP contribution in [0.2, 0.25) is 0 Å². The molecule has 134 valence electrons. The second kappa shape index (κ2) is 7.37. The quantitative estimate of drug-likeness (QED) is 0.792. The van der Waals surface area contributed by atoms with Gasteiger partial charge in [-0.3, -0.25) is 9.59 Å². The Morgan fingerprint density at radius 2 is 1.92 bits per heavy atom. The van der Waals surface area contributed by atoms with Gasteiger partial charge in [-0.15, -0.1) is 0 Å². The monoisotopic (exact) mass is 353 g/mol. The van der Waals surface area contributed by atoms with E-state index in [9.17, 15) is 18.4 Å². The van der Waals surface area contributed by atoms with E-state index in [-0.39, 0.29) is 24.6 Å². The highest BCUT2D eigenvalue weighted by atomic mass is 19.3. The molecule has 2 N–H and O–H groups in total. The summed E-state index contributed by atoms with van der Waals surface area (Å²) in [6.45, 7) is 3.46. The van der Waals surface area contributed by atoms with Crippen molar-refractivity contribution in [3.05, 3.63) is 35.7 Å². The molecule has 2 rings (SSSR count). The topological polar surface area (TPSA) is 105 Å². The van der Waals surface area contributed by atoms with Crippen molar-refractivity contribution in [2.75, 3.05) is 0 Å². The lowest BCUT2D eigenvalue weighted by Crippen LogP contribution is -2.43. The molecule has 0 radical (unpaired) electrons. The second-order valence-electron chi connectivity index (χ2n) is 6.07. The molecule has 0 aliphatic rings. The van der Waals surface area contributed by atoms with E-state index >= 15 is 0 Å². The fraction of sp³-hybridized carbons (Fsp3) is 0.375. The molecule has 0 saturated heterocycles. The highest BCUT2D eigenvalue weighted by Crippen LogP contribution is 2.22. The van der Waals surface area contributed by atoms with Crippen LogP contribution in [0.25, 0.3) is 11.4 Å². The van der Waals surface area contributed by atoms with Gasteiger partial charge < -0.3 is 14.9 Å². The first kappa shape index (κ1) is 18.5. The minimum Gasteiger partial charge on any atom is -0.481 e. The number of carboxylic acid groups (broad SMARTS) is 1. The number of aromatic nitrogens is 2. The molecule has 7 nitrogen and oxygen atoms in total. The maximum Gasteiger partial charge on any atom is 0.315 e. The van der Waals surface area contributed by atoms with Gasteiger partial charge in [0.25, 0.3) is 11.8 Å². The summed E-state index contributed by atoms with van der Waals surface area (Å²) in [7, 11) is 0. The molecule has 0 atom stereocenters. The van der Waals surface area contributed by atoms with E-state index in [0.717, 1.165) is 0 Å². The summed E-state index contributed by atoms with van der Waals surface area (Å²) < 4.78 is 29.3. The largest absolute Gasteiger partial charge is 0.481 e. The van der Waals surface area contributed by atoms with E-state index in [2.05, 4.69) is 20.0 Å². The zero-order valence-corrected chi connectivity index (χ0v) is 13.6. The Hall–Kier alpha value is -2.84. The smallest absolute Gasteiger partial charge is 0.315 e. The molecule has 2 aromatic rings. The first-order valence-electron chi connectivity index (χ1n) is 7.44. The van der Waals surface area contributed by atoms with Gasteiger partial charge in [-0.25, -0.2) is 0 Å². The molecule has 9 heteroatoms. The van der Waals surface area contributed by atoms with Gasteiger partial charge in [0.2, 0.25) is 5.82 Å². The summed E-state index contributed by atoms with van der Waals surface area (Å²) in [6, 6.07) is 6.02. The van der Waals surface area contributed by atoms with Crippen LogP contribution in [-0.4, -0.2) is 32.7 Å². The molecule has 0 fully saturated rings. The van der Waals surface area contributed by atoms with Crippen LogP contribution in [0.15, 0.2) is 28.8 Å². The van der Waals surface area contributed by atoms with Crippen molar-refractivity contribution in [3.8, 4) is 11.4 Å². The molecule has 1 heterocycles. The molecule has 1 aromatic carbocycles. The van der Waals surface area contributed by atoms with Crippen LogP contribution in [0, 0.1) is 0 Å². The van der Waals surface area contributed by atoms with E-state index in [4.69, 9.17) is 5.11 Å². The van der Waals surface area contributed by atoms with E-state index in [0.29, 0.717) is 11.1 Å². The molecule has 0 spiro atoms. The SMILES string of the molecule is CC(C)(CCC(=O)O)NC(=O)c1ccc(-c2noc(C(F)F)n2)cc1. The Morgan fingerprint density at radius 1 is 1.28 bits per heavy atom. The van der Waals surface area contributed by atoms with E-state index in [1.165, 1.54) is 24.3 Å². The normalized spacial score (nSPS) is 11.6. The number of carbonyl (C=O) groups excluding carboxylic acids is 1. The number of rotatable bonds is 7. The molecule has 0 bridgehead atoms. The number of halogens is 2. The van der Waals surface area contributed by atoms with Gasteiger partial charge in [0.05, 0.1) is 0 Å². The van der Waals surface area contributed by atoms with Crippen LogP contribution in [0.5, 0.6) is 0 Å². The zero-order chi connectivity index (χ0) is 18.6. The molecule has 1 amide bonds. The first-order valence-corrected chi connectivity index (χ1v) is 7.44. The first-order chi connectivity index (χ1) is 11.7. The van der Waals surface area contributed by atoms with Crippen LogP contribution >= 0.6 is 0 Å². The Bertz CT molecular complexity index is 757. The van der Waals surface area contributed by atoms with Gasteiger partial charge in [0.1, 0.15) is 0 Å². The third-order valence-electron chi connectivity index (χ3n) is 3.45. The molecule has 0 saturated carbocycles. The van der Waals surface area contributed by atoms with Crippen molar-refractivity contribution >= 4 is 11.9 Å². The van der Waals surface area contributed by atoms with Gasteiger partial charge >= 0.3 is 12.4 Å². The van der Waals surface area contributed by atoms with Crippen LogP contribution in [0.1, 0.15) is 49.4 Å². The lowest BCUT2D eigenvalue weighted by Gasteiger charge is -2.25. The van der Waals surface area contributed by atoms with Crippen LogP contribution in [-0.2, 0) is 4.79 Å². The fourth-order valence-corrected chi connectivity index (χ4v) is 2.07. The number of nitrogens with one attached hydrogen (secondary N) is 1. The van der Waals surface area contributed by atoms with Crippen molar-refractivity contribution in [1.29, 1.82) is 0 Å². The van der Waals surface area contributed by atoms with Crippen molar-refractivity contribution in [2.24, 2.45) is 0 Å². The van der Waals surface area contributed by atoms with E-state index in [1.54, 1.807) is 13.8 Å². The fourth-order valence-electron chi connectivity index (χ4n) is 2.07. The van der Waals surface area contributed by atoms with E-state index < -0.39 is 23.8 Å². The van der Waals surface area contributed by atoms with Crippen LogP contribution in [0.3, 0.4) is 0 Å². The van der Waals surface area contributed by atoms with Crippen LogP contribution in [0.4, 0.5) is 8.78 Å². The number of hydrogen-bond acceptors (Lipinski definition) is 5. The van der Waals surface area contributed by atoms with Gasteiger partial charge in [-0.1, -0.05) is 17.3 Å². The molecule has 25 heavy (non-hydrogen) atoms. The number of benzene rings is 1. The predicted molar refractivity (Wildman–Crippen MR) is 83.1 cm³/mol. The average Bonchev–Trinajstić information content (AvgIpc) is 3.03. The number of alkyl halides is 2. The lowest BCUT2D eigenvalue weighted by molar-refractivity contribution is -0.137. The second-order valence-corrected chi connectivity index (χ2v) is 6.07. The van der Waals surface area contributed by atoms with Crippen molar-refractivity contribution < 1.29 is 28.0 Å². The minimum atomic E-state index is -2.85. The number of hydrogen-bond donors (Lipinski definition) is 2. The summed E-state index contributed by atoms with van der Waals surface area (Å²) in [5, 5.41) is 14.9. The Labute approximate surface area is 142 Å². The van der Waals surface area contributed by atoms with E-state index in [1.807, 2.05) is 0 Å². The molecular formula is C16H17F2N3O4. The lowest BCUT2D eigenvalue weighted by atomic mass is 9.97. The third-order valence-corrected chi connectivity index (χ3v) is 3.45. The van der Waals surface area contributed by atoms with Crippen molar-refractivity contribution in [2.45, 2.75) is 38.7 Å². The Balaban J connectivity index is 2.05. The zero-order valence-electron chi connectivity index (χ0n) is 13.6. The number of carboxylic acids is 1. The van der Waals surface area contributed by atoms with Gasteiger partial charge in [0, 0.05) is 23.1 Å². The maximum atomic E-state index is 12.5. The predicted octanol–water partition coefficient (Wildman–Crippen LogP) is 3.05. The molecule has 0 aliphatic heterocycles. The average molecular weight is 353 g/mol. The van der Waals surface area contributed by atoms with Gasteiger partial charge in [-0.2, -0.15) is 13.8 Å². The summed E-state index contributed by atoms with van der Waals surface area (Å²) in [4.78, 5) is 26.4.